The highest BCUT2D eigenvalue weighted by Gasteiger charge is 2.67. The summed E-state index contributed by atoms with van der Waals surface area (Å²) < 4.78 is 24.9. The molecule has 0 radical (unpaired) electrons. The van der Waals surface area contributed by atoms with Gasteiger partial charge in [0.2, 0.25) is 0 Å². The second-order valence-electron chi connectivity index (χ2n) is 6.88. The zero-order valence-electron chi connectivity index (χ0n) is 14.2. The van der Waals surface area contributed by atoms with Gasteiger partial charge in [0.15, 0.2) is 0 Å². The van der Waals surface area contributed by atoms with Crippen LogP contribution in [0.5, 0.6) is 0 Å². The molecule has 6 rings (SSSR count). The minimum absolute atomic E-state index is 0.487. The molecule has 2 heterocycles. The highest BCUT2D eigenvalue weighted by molar-refractivity contribution is 6.02. The van der Waals surface area contributed by atoms with Crippen molar-refractivity contribution in [2.24, 2.45) is 0 Å². The second kappa shape index (κ2) is 5.15. The Labute approximate surface area is 151 Å². The van der Waals surface area contributed by atoms with Gasteiger partial charge in [-0.1, -0.05) is 60.7 Å². The van der Waals surface area contributed by atoms with E-state index in [0.29, 0.717) is 26.4 Å². The smallest absolute Gasteiger partial charge is 0.256 e. The van der Waals surface area contributed by atoms with E-state index in [9.17, 15) is 0 Å². The minimum Gasteiger partial charge on any atom is -0.339 e. The van der Waals surface area contributed by atoms with Crippen LogP contribution in [0, 0.1) is 0 Å². The molecule has 0 unspecified atom stereocenters. The van der Waals surface area contributed by atoms with Gasteiger partial charge in [-0.05, 0) is 21.9 Å². The Morgan fingerprint density at radius 3 is 1.85 bits per heavy atom. The molecule has 0 amide bonds. The van der Waals surface area contributed by atoms with Crippen molar-refractivity contribution in [2.75, 3.05) is 26.4 Å². The Hall–Kier alpha value is -2.24. The molecule has 0 aromatic heterocycles. The molecule has 0 N–H and O–H groups in total. The lowest BCUT2D eigenvalue weighted by atomic mass is 9.95. The summed E-state index contributed by atoms with van der Waals surface area (Å²) in [5.74, 6) is -2.03. The van der Waals surface area contributed by atoms with Crippen LogP contribution in [-0.4, -0.2) is 26.4 Å². The van der Waals surface area contributed by atoms with Gasteiger partial charge < -0.3 is 18.9 Å². The number of rotatable bonds is 1. The van der Waals surface area contributed by atoms with E-state index in [4.69, 9.17) is 18.9 Å². The van der Waals surface area contributed by atoms with Crippen LogP contribution < -0.4 is 0 Å². The van der Waals surface area contributed by atoms with E-state index < -0.39 is 11.6 Å². The Morgan fingerprint density at radius 1 is 0.577 bits per heavy atom. The average Bonchev–Trinajstić information content (AvgIpc) is 2.98. The van der Waals surface area contributed by atoms with Crippen molar-refractivity contribution in [2.45, 2.75) is 11.6 Å². The van der Waals surface area contributed by atoms with Crippen LogP contribution in [0.25, 0.3) is 21.9 Å². The first kappa shape index (κ1) is 14.9. The fraction of sp³-hybridized carbons (Fsp3) is 0.273. The Morgan fingerprint density at radius 2 is 1.19 bits per heavy atom. The quantitative estimate of drug-likeness (QED) is 0.669. The van der Waals surface area contributed by atoms with Crippen LogP contribution in [0.15, 0.2) is 60.7 Å². The molecule has 1 aliphatic carbocycles. The van der Waals surface area contributed by atoms with Crippen LogP contribution in [0.4, 0.5) is 0 Å². The molecular weight excluding hydrogens is 328 g/mol. The van der Waals surface area contributed by atoms with Gasteiger partial charge in [-0.2, -0.15) is 0 Å². The highest BCUT2D eigenvalue weighted by Crippen LogP contribution is 2.60. The highest BCUT2D eigenvalue weighted by atomic mass is 16.8. The van der Waals surface area contributed by atoms with Crippen molar-refractivity contribution in [3.63, 3.8) is 0 Å². The van der Waals surface area contributed by atoms with Crippen LogP contribution in [-0.2, 0) is 30.5 Å². The minimum atomic E-state index is -1.01. The first-order valence-corrected chi connectivity index (χ1v) is 9.04. The molecule has 4 heteroatoms. The van der Waals surface area contributed by atoms with Crippen molar-refractivity contribution < 1.29 is 18.9 Å². The van der Waals surface area contributed by atoms with Crippen molar-refractivity contribution >= 4 is 10.8 Å². The Kier molecular flexibility index (Phi) is 2.95. The molecule has 26 heavy (non-hydrogen) atoms. The maximum Gasteiger partial charge on any atom is 0.256 e. The van der Waals surface area contributed by atoms with Crippen molar-refractivity contribution in [1.29, 1.82) is 0 Å². The standard InChI is InChI=1S/C22H18O4/c1-2-5-15(6-3-1)16-9-10-19-20-17(16)7-4-8-18(20)21-22(19,25-13-11-23-21)26-14-12-24-21/h1-10H,11-14H2. The summed E-state index contributed by atoms with van der Waals surface area (Å²) in [6.45, 7) is 1.95. The molecule has 3 aromatic rings. The number of hydrogen-bond acceptors (Lipinski definition) is 4. The molecule has 2 saturated heterocycles. The maximum atomic E-state index is 6.23. The third kappa shape index (κ3) is 1.63. The van der Waals surface area contributed by atoms with Gasteiger partial charge in [-0.3, -0.25) is 0 Å². The van der Waals surface area contributed by atoms with Crippen molar-refractivity contribution in [3.8, 4) is 11.1 Å². The van der Waals surface area contributed by atoms with Gasteiger partial charge in [0.05, 0.1) is 26.4 Å². The van der Waals surface area contributed by atoms with Crippen LogP contribution in [0.2, 0.25) is 0 Å². The number of ether oxygens (including phenoxy) is 4. The van der Waals surface area contributed by atoms with Gasteiger partial charge in [0.25, 0.3) is 11.6 Å². The third-order valence-electron chi connectivity index (χ3n) is 5.66. The van der Waals surface area contributed by atoms with E-state index in [1.54, 1.807) is 0 Å². The fourth-order valence-corrected chi connectivity index (χ4v) is 4.70. The first-order chi connectivity index (χ1) is 12.9. The van der Waals surface area contributed by atoms with Gasteiger partial charge in [0.1, 0.15) is 0 Å². The predicted octanol–water partition coefficient (Wildman–Crippen LogP) is 3.92. The van der Waals surface area contributed by atoms with E-state index in [0.717, 1.165) is 16.5 Å². The average molecular weight is 346 g/mol. The Bertz CT molecular complexity index is 971. The zero-order valence-corrected chi connectivity index (χ0v) is 14.2. The summed E-state index contributed by atoms with van der Waals surface area (Å²) in [4.78, 5) is 0. The lowest BCUT2D eigenvalue weighted by Gasteiger charge is -2.50. The molecule has 2 aliphatic heterocycles. The van der Waals surface area contributed by atoms with E-state index in [1.807, 2.05) is 6.07 Å². The van der Waals surface area contributed by atoms with Crippen LogP contribution in [0.1, 0.15) is 11.1 Å². The normalized spacial score (nSPS) is 29.4. The van der Waals surface area contributed by atoms with Crippen LogP contribution >= 0.6 is 0 Å². The predicted molar refractivity (Wildman–Crippen MR) is 96.5 cm³/mol. The molecule has 0 saturated carbocycles. The van der Waals surface area contributed by atoms with E-state index in [-0.39, 0.29) is 0 Å². The number of benzene rings is 3. The lowest BCUT2D eigenvalue weighted by molar-refractivity contribution is -0.478. The molecule has 3 aliphatic rings. The molecule has 3 aromatic carbocycles. The van der Waals surface area contributed by atoms with E-state index in [1.165, 1.54) is 16.5 Å². The largest absolute Gasteiger partial charge is 0.339 e. The second-order valence-corrected chi connectivity index (χ2v) is 6.88. The molecule has 0 atom stereocenters. The SMILES string of the molecule is c1ccc(-c2ccc3c4c(cccc24)C24OCCOC32OCCO4)cc1. The topological polar surface area (TPSA) is 36.9 Å². The van der Waals surface area contributed by atoms with Gasteiger partial charge in [0, 0.05) is 11.1 Å². The molecular formula is C22H18O4. The third-order valence-corrected chi connectivity index (χ3v) is 5.66. The molecule has 4 nitrogen and oxygen atoms in total. The van der Waals surface area contributed by atoms with E-state index >= 15 is 0 Å². The van der Waals surface area contributed by atoms with E-state index in [2.05, 4.69) is 54.6 Å². The van der Waals surface area contributed by atoms with Gasteiger partial charge in [-0.15, -0.1) is 0 Å². The molecule has 130 valence electrons. The summed E-state index contributed by atoms with van der Waals surface area (Å²) >= 11 is 0. The summed E-state index contributed by atoms with van der Waals surface area (Å²) in [6, 6.07) is 21.0. The number of hydrogen-bond donors (Lipinski definition) is 0. The van der Waals surface area contributed by atoms with Gasteiger partial charge in [-0.25, -0.2) is 0 Å². The van der Waals surface area contributed by atoms with Crippen LogP contribution in [0.3, 0.4) is 0 Å². The lowest BCUT2D eigenvalue weighted by Crippen LogP contribution is -2.60. The molecule has 0 bridgehead atoms. The summed E-state index contributed by atoms with van der Waals surface area (Å²) in [6.07, 6.45) is 0. The van der Waals surface area contributed by atoms with Gasteiger partial charge >= 0.3 is 0 Å². The molecule has 0 spiro atoms. The summed E-state index contributed by atoms with van der Waals surface area (Å²) in [7, 11) is 0. The van der Waals surface area contributed by atoms with Crippen molar-refractivity contribution in [1.82, 2.24) is 0 Å². The zero-order chi connectivity index (χ0) is 17.2. The first-order valence-electron chi connectivity index (χ1n) is 9.04. The summed E-state index contributed by atoms with van der Waals surface area (Å²) in [5, 5.41) is 2.29. The van der Waals surface area contributed by atoms with Crippen molar-refractivity contribution in [3.05, 3.63) is 71.8 Å². The maximum absolute atomic E-state index is 6.23. The monoisotopic (exact) mass is 346 g/mol. The Balaban J connectivity index is 1.71. The molecule has 2 fully saturated rings. The fourth-order valence-electron chi connectivity index (χ4n) is 4.70. The summed E-state index contributed by atoms with van der Waals surface area (Å²) in [5.41, 5.74) is 4.38.